The van der Waals surface area contributed by atoms with Crippen molar-refractivity contribution in [1.29, 1.82) is 0 Å². The van der Waals surface area contributed by atoms with Crippen LogP contribution in [0.3, 0.4) is 0 Å². The van der Waals surface area contributed by atoms with Crippen molar-refractivity contribution < 1.29 is 19.2 Å². The molecule has 0 aliphatic heterocycles. The van der Waals surface area contributed by atoms with Crippen molar-refractivity contribution in [2.24, 2.45) is 5.92 Å². The molecule has 2 rings (SSSR count). The van der Waals surface area contributed by atoms with Gasteiger partial charge < -0.3 is 10.1 Å². The van der Waals surface area contributed by atoms with E-state index in [0.717, 1.165) is 19.3 Å². The van der Waals surface area contributed by atoms with E-state index in [1.54, 1.807) is 0 Å². The predicted octanol–water partition coefficient (Wildman–Crippen LogP) is 1.65. The third-order valence-corrected chi connectivity index (χ3v) is 4.63. The molecule has 138 valence electrons. The van der Waals surface area contributed by atoms with Crippen LogP contribution in [0.1, 0.15) is 44.0 Å². The zero-order valence-corrected chi connectivity index (χ0v) is 14.8. The fourth-order valence-electron chi connectivity index (χ4n) is 3.20. The molecule has 0 spiro atoms. The standard InChI is InChI=1S/C16H24N4O5/c1-10-6-4-5-7-13(10)17-14(21)9-25-15(22)8-19-12(3)16(20(23)24)11(2)18-19/h10,13H,4-9H2,1-3H3,(H,17,21)/t10-,13+/m1/s1. The molecular weight excluding hydrogens is 328 g/mol. The number of aromatic nitrogens is 2. The van der Waals surface area contributed by atoms with Crippen LogP contribution in [-0.4, -0.2) is 39.2 Å². The van der Waals surface area contributed by atoms with Crippen molar-refractivity contribution in [2.45, 2.75) is 59.0 Å². The molecule has 1 aromatic heterocycles. The predicted molar refractivity (Wildman–Crippen MR) is 88.9 cm³/mol. The highest BCUT2D eigenvalue weighted by atomic mass is 16.6. The van der Waals surface area contributed by atoms with Crippen LogP contribution in [-0.2, 0) is 20.9 Å². The second-order valence-electron chi connectivity index (χ2n) is 6.53. The Morgan fingerprint density at radius 1 is 1.36 bits per heavy atom. The van der Waals surface area contributed by atoms with Gasteiger partial charge in [0.1, 0.15) is 17.9 Å². The number of ether oxygens (including phenoxy) is 1. The molecule has 1 saturated carbocycles. The van der Waals surface area contributed by atoms with E-state index in [2.05, 4.69) is 17.3 Å². The van der Waals surface area contributed by atoms with E-state index in [1.165, 1.54) is 25.0 Å². The first-order valence-corrected chi connectivity index (χ1v) is 8.43. The summed E-state index contributed by atoms with van der Waals surface area (Å²) in [6, 6.07) is 0.124. The molecule has 1 N–H and O–H groups in total. The fraction of sp³-hybridized carbons (Fsp3) is 0.688. The van der Waals surface area contributed by atoms with Crippen LogP contribution in [0, 0.1) is 29.9 Å². The van der Waals surface area contributed by atoms with Crippen molar-refractivity contribution in [1.82, 2.24) is 15.1 Å². The highest BCUT2D eigenvalue weighted by Crippen LogP contribution is 2.23. The molecule has 2 atom stereocenters. The van der Waals surface area contributed by atoms with Crippen molar-refractivity contribution in [2.75, 3.05) is 6.61 Å². The molecule has 0 saturated heterocycles. The summed E-state index contributed by atoms with van der Waals surface area (Å²) in [5.74, 6) is -0.567. The van der Waals surface area contributed by atoms with Crippen LogP contribution in [0.2, 0.25) is 0 Å². The number of hydrogen-bond acceptors (Lipinski definition) is 6. The maximum absolute atomic E-state index is 11.9. The second-order valence-corrected chi connectivity index (χ2v) is 6.53. The van der Waals surface area contributed by atoms with Crippen LogP contribution in [0.25, 0.3) is 0 Å². The van der Waals surface area contributed by atoms with Gasteiger partial charge in [0.15, 0.2) is 6.61 Å². The largest absolute Gasteiger partial charge is 0.454 e. The van der Waals surface area contributed by atoms with Gasteiger partial charge in [-0.2, -0.15) is 5.10 Å². The lowest BCUT2D eigenvalue weighted by Crippen LogP contribution is -2.43. The Kier molecular flexibility index (Phi) is 6.11. The van der Waals surface area contributed by atoms with E-state index in [0.29, 0.717) is 5.92 Å². The van der Waals surface area contributed by atoms with Crippen LogP contribution in [0.4, 0.5) is 5.69 Å². The summed E-state index contributed by atoms with van der Waals surface area (Å²) in [7, 11) is 0. The first-order chi connectivity index (χ1) is 11.8. The summed E-state index contributed by atoms with van der Waals surface area (Å²) in [4.78, 5) is 34.2. The average Bonchev–Trinajstić information content (AvgIpc) is 2.81. The molecule has 9 nitrogen and oxygen atoms in total. The third kappa shape index (κ3) is 4.77. The summed E-state index contributed by atoms with van der Waals surface area (Å²) in [6.07, 6.45) is 4.29. The quantitative estimate of drug-likeness (QED) is 0.473. The number of nitro groups is 1. The molecule has 1 amide bonds. The molecule has 0 aromatic carbocycles. The van der Waals surface area contributed by atoms with Crippen LogP contribution in [0.5, 0.6) is 0 Å². The van der Waals surface area contributed by atoms with Gasteiger partial charge in [-0.05, 0) is 32.6 Å². The van der Waals surface area contributed by atoms with E-state index < -0.39 is 10.9 Å². The first-order valence-electron chi connectivity index (χ1n) is 8.43. The van der Waals surface area contributed by atoms with Crippen LogP contribution in [0.15, 0.2) is 0 Å². The maximum atomic E-state index is 11.9. The third-order valence-electron chi connectivity index (χ3n) is 4.63. The van der Waals surface area contributed by atoms with Gasteiger partial charge in [0.2, 0.25) is 0 Å². The molecule has 0 radical (unpaired) electrons. The van der Waals surface area contributed by atoms with Crippen LogP contribution >= 0.6 is 0 Å². The summed E-state index contributed by atoms with van der Waals surface area (Å²) in [5.41, 5.74) is 0.399. The van der Waals surface area contributed by atoms with E-state index in [1.807, 2.05) is 0 Å². The number of aryl methyl sites for hydroxylation is 1. The van der Waals surface area contributed by atoms with Gasteiger partial charge >= 0.3 is 11.7 Å². The lowest BCUT2D eigenvalue weighted by molar-refractivity contribution is -0.386. The highest BCUT2D eigenvalue weighted by molar-refractivity contribution is 5.80. The second kappa shape index (κ2) is 8.09. The zero-order valence-electron chi connectivity index (χ0n) is 14.8. The molecule has 1 aliphatic carbocycles. The Balaban J connectivity index is 1.83. The Morgan fingerprint density at radius 3 is 2.64 bits per heavy atom. The monoisotopic (exact) mass is 352 g/mol. The number of rotatable bonds is 6. The van der Waals surface area contributed by atoms with Crippen molar-refractivity contribution >= 4 is 17.6 Å². The number of amides is 1. The van der Waals surface area contributed by atoms with Gasteiger partial charge in [-0.25, -0.2) is 0 Å². The van der Waals surface area contributed by atoms with E-state index in [9.17, 15) is 19.7 Å². The van der Waals surface area contributed by atoms with Gasteiger partial charge in [0.05, 0.1) is 4.92 Å². The van der Waals surface area contributed by atoms with Crippen LogP contribution < -0.4 is 5.32 Å². The van der Waals surface area contributed by atoms with Gasteiger partial charge in [0.25, 0.3) is 5.91 Å². The normalized spacial score (nSPS) is 20.1. The van der Waals surface area contributed by atoms with Gasteiger partial charge in [-0.15, -0.1) is 0 Å². The van der Waals surface area contributed by atoms with E-state index in [-0.39, 0.29) is 42.2 Å². The Hall–Kier alpha value is -2.45. The number of esters is 1. The average molecular weight is 352 g/mol. The summed E-state index contributed by atoms with van der Waals surface area (Å²) in [5, 5.41) is 17.8. The molecule has 0 bridgehead atoms. The minimum absolute atomic E-state index is 0.114. The Labute approximate surface area is 145 Å². The number of carbonyl (C=O) groups is 2. The number of carbonyl (C=O) groups excluding carboxylic acids is 2. The van der Waals surface area contributed by atoms with Gasteiger partial charge in [0, 0.05) is 6.04 Å². The van der Waals surface area contributed by atoms with Gasteiger partial charge in [-0.3, -0.25) is 24.4 Å². The number of nitrogens with zero attached hydrogens (tertiary/aromatic N) is 3. The van der Waals surface area contributed by atoms with E-state index >= 15 is 0 Å². The molecule has 9 heteroatoms. The Bertz CT molecular complexity index is 670. The van der Waals surface area contributed by atoms with E-state index in [4.69, 9.17) is 4.74 Å². The highest BCUT2D eigenvalue weighted by Gasteiger charge is 2.25. The Morgan fingerprint density at radius 2 is 2.04 bits per heavy atom. The minimum atomic E-state index is -0.660. The van der Waals surface area contributed by atoms with Crippen molar-refractivity contribution in [3.05, 3.63) is 21.5 Å². The van der Waals surface area contributed by atoms with Gasteiger partial charge in [-0.1, -0.05) is 19.8 Å². The minimum Gasteiger partial charge on any atom is -0.454 e. The van der Waals surface area contributed by atoms with Crippen molar-refractivity contribution in [3.63, 3.8) is 0 Å². The number of hydrogen-bond donors (Lipinski definition) is 1. The summed E-state index contributed by atoms with van der Waals surface area (Å²) >= 11 is 0. The zero-order chi connectivity index (χ0) is 18.6. The maximum Gasteiger partial charge on any atom is 0.328 e. The SMILES string of the molecule is Cc1nn(CC(=O)OCC(=O)N[C@H]2CCCC[C@H]2C)c(C)c1[N+](=O)[O-]. The molecule has 1 fully saturated rings. The molecule has 1 heterocycles. The smallest absolute Gasteiger partial charge is 0.328 e. The molecular formula is C16H24N4O5. The molecule has 1 aromatic rings. The summed E-state index contributed by atoms with van der Waals surface area (Å²) < 4.78 is 6.19. The molecule has 1 aliphatic rings. The van der Waals surface area contributed by atoms with Crippen molar-refractivity contribution in [3.8, 4) is 0 Å². The topological polar surface area (TPSA) is 116 Å². The summed E-state index contributed by atoms with van der Waals surface area (Å²) in [6.45, 7) is 4.50. The molecule has 25 heavy (non-hydrogen) atoms. The lowest BCUT2D eigenvalue weighted by Gasteiger charge is -2.29. The first kappa shape index (κ1) is 18.9. The fourth-order valence-corrected chi connectivity index (χ4v) is 3.20. The number of nitrogens with one attached hydrogen (secondary N) is 1. The molecule has 0 unspecified atom stereocenters. The lowest BCUT2D eigenvalue weighted by atomic mass is 9.86.